The van der Waals surface area contributed by atoms with Crippen molar-refractivity contribution in [2.45, 2.75) is 26.7 Å². The molecule has 0 aromatic heterocycles. The Bertz CT molecular complexity index is 437. The molecule has 1 aromatic carbocycles. The normalized spacial score (nSPS) is 11.1. The monoisotopic (exact) mass is 313 g/mol. The maximum Gasteiger partial charge on any atom is 0.311 e. The zero-order valence-electron chi connectivity index (χ0n) is 10.2. The molecule has 0 unspecified atom stereocenters. The van der Waals surface area contributed by atoms with E-state index < -0.39 is 17.4 Å². The zero-order valence-corrected chi connectivity index (χ0v) is 11.8. The molecule has 98 valence electrons. The van der Waals surface area contributed by atoms with Crippen LogP contribution >= 0.6 is 15.9 Å². The van der Waals surface area contributed by atoms with E-state index in [0.29, 0.717) is 5.75 Å². The molecule has 1 aromatic rings. The highest BCUT2D eigenvalue weighted by Crippen LogP contribution is 2.22. The van der Waals surface area contributed by atoms with Gasteiger partial charge >= 0.3 is 5.97 Å². The van der Waals surface area contributed by atoms with Crippen molar-refractivity contribution in [1.82, 2.24) is 0 Å². The van der Waals surface area contributed by atoms with Crippen molar-refractivity contribution in [2.75, 3.05) is 0 Å². The summed E-state index contributed by atoms with van der Waals surface area (Å²) in [6.07, 6.45) is 0.224. The van der Waals surface area contributed by atoms with Crippen molar-refractivity contribution in [1.29, 1.82) is 0 Å². The molecule has 4 nitrogen and oxygen atoms in total. The summed E-state index contributed by atoms with van der Waals surface area (Å²) in [4.78, 5) is 22.3. The van der Waals surface area contributed by atoms with E-state index in [0.717, 1.165) is 4.47 Å². The van der Waals surface area contributed by atoms with E-state index >= 15 is 0 Å². The second-order valence-corrected chi connectivity index (χ2v) is 5.52. The summed E-state index contributed by atoms with van der Waals surface area (Å²) in [5.74, 6) is -1.18. The molecule has 0 aliphatic heterocycles. The molecule has 0 aliphatic carbocycles. The number of ether oxygens (including phenoxy) is 1. The maximum atomic E-state index is 11.5. The van der Waals surface area contributed by atoms with Gasteiger partial charge in [0.2, 0.25) is 0 Å². The van der Waals surface area contributed by atoms with Crippen LogP contribution in [-0.2, 0) is 9.59 Å². The average Bonchev–Trinajstić information content (AvgIpc) is 2.29. The predicted octanol–water partition coefficient (Wildman–Crippen LogP) is 1.91. The van der Waals surface area contributed by atoms with Crippen LogP contribution in [0.3, 0.4) is 0 Å². The maximum absolute atomic E-state index is 11.5. The van der Waals surface area contributed by atoms with Crippen molar-refractivity contribution in [3.8, 4) is 5.75 Å². The van der Waals surface area contributed by atoms with Gasteiger partial charge in [0.05, 0.1) is 0 Å². The second kappa shape index (κ2) is 6.00. The Morgan fingerprint density at radius 2 is 1.83 bits per heavy atom. The lowest BCUT2D eigenvalue weighted by atomic mass is 9.88. The van der Waals surface area contributed by atoms with Crippen LogP contribution in [0.25, 0.3) is 0 Å². The molecule has 0 bridgehead atoms. The molecule has 0 N–H and O–H groups in total. The second-order valence-electron chi connectivity index (χ2n) is 4.60. The van der Waals surface area contributed by atoms with Crippen LogP contribution in [0.2, 0.25) is 0 Å². The van der Waals surface area contributed by atoms with Crippen molar-refractivity contribution in [3.05, 3.63) is 28.7 Å². The van der Waals surface area contributed by atoms with E-state index in [-0.39, 0.29) is 12.8 Å². The van der Waals surface area contributed by atoms with Gasteiger partial charge in [-0.3, -0.25) is 4.79 Å². The largest absolute Gasteiger partial charge is 0.550 e. The molecule has 0 radical (unpaired) electrons. The molecular weight excluding hydrogens is 300 g/mol. The molecule has 0 amide bonds. The molecule has 5 heteroatoms. The van der Waals surface area contributed by atoms with Crippen LogP contribution in [-0.4, -0.2) is 11.9 Å². The zero-order chi connectivity index (χ0) is 13.8. The summed E-state index contributed by atoms with van der Waals surface area (Å²) in [7, 11) is 0. The Hall–Kier alpha value is -1.36. The van der Waals surface area contributed by atoms with E-state index in [4.69, 9.17) is 4.74 Å². The summed E-state index contributed by atoms with van der Waals surface area (Å²) in [5, 5.41) is 10.8. The van der Waals surface area contributed by atoms with Crippen molar-refractivity contribution >= 4 is 27.9 Å². The van der Waals surface area contributed by atoms with E-state index in [1.807, 2.05) is 0 Å². The number of carboxylic acid groups (broad SMARTS) is 1. The molecule has 0 aliphatic rings. The average molecular weight is 314 g/mol. The highest BCUT2D eigenvalue weighted by atomic mass is 79.9. The minimum absolute atomic E-state index is 0.0387. The van der Waals surface area contributed by atoms with Gasteiger partial charge in [0.1, 0.15) is 5.75 Å². The standard InChI is InChI=1S/C13H15BrO4/c1-13(2,12(16)17)8-7-11(15)18-10-5-3-9(14)4-6-10/h3-6H,7-8H2,1-2H3,(H,16,17)/p-1. The number of hydrogen-bond acceptors (Lipinski definition) is 4. The lowest BCUT2D eigenvalue weighted by Gasteiger charge is -2.24. The van der Waals surface area contributed by atoms with E-state index in [9.17, 15) is 14.7 Å². The minimum atomic E-state index is -1.17. The number of carbonyl (C=O) groups is 2. The Balaban J connectivity index is 2.48. The van der Waals surface area contributed by atoms with Gasteiger partial charge in [-0.2, -0.15) is 0 Å². The summed E-state index contributed by atoms with van der Waals surface area (Å²) in [5.41, 5.74) is -1.03. The van der Waals surface area contributed by atoms with Gasteiger partial charge in [0.25, 0.3) is 0 Å². The van der Waals surface area contributed by atoms with Crippen LogP contribution < -0.4 is 9.84 Å². The molecule has 0 fully saturated rings. The Morgan fingerprint density at radius 3 is 2.33 bits per heavy atom. The molecule has 0 heterocycles. The summed E-state index contributed by atoms with van der Waals surface area (Å²) in [6, 6.07) is 6.83. The number of halogens is 1. The number of benzene rings is 1. The number of hydrogen-bond donors (Lipinski definition) is 0. The Morgan fingerprint density at radius 1 is 1.28 bits per heavy atom. The van der Waals surface area contributed by atoms with Gasteiger partial charge in [0, 0.05) is 22.3 Å². The number of rotatable bonds is 5. The third-order valence-electron chi connectivity index (χ3n) is 2.55. The number of carboxylic acids is 1. The van der Waals surface area contributed by atoms with Gasteiger partial charge in [-0.25, -0.2) is 0 Å². The van der Waals surface area contributed by atoms with Gasteiger partial charge in [0.15, 0.2) is 0 Å². The Labute approximate surface area is 114 Å². The van der Waals surface area contributed by atoms with E-state index in [1.165, 1.54) is 13.8 Å². The molecular formula is C13H14BrO4-. The topological polar surface area (TPSA) is 66.4 Å². The highest BCUT2D eigenvalue weighted by molar-refractivity contribution is 9.10. The van der Waals surface area contributed by atoms with E-state index in [2.05, 4.69) is 15.9 Å². The molecule has 0 atom stereocenters. The quantitative estimate of drug-likeness (QED) is 0.615. The summed E-state index contributed by atoms with van der Waals surface area (Å²) < 4.78 is 5.96. The molecule has 0 saturated carbocycles. The smallest absolute Gasteiger partial charge is 0.311 e. The molecule has 0 spiro atoms. The van der Waals surface area contributed by atoms with Crippen molar-refractivity contribution in [2.24, 2.45) is 5.41 Å². The Kier molecular flexibility index (Phi) is 4.90. The molecule has 0 saturated heterocycles. The SMILES string of the molecule is CC(C)(CCC(=O)Oc1ccc(Br)cc1)C(=O)[O-]. The lowest BCUT2D eigenvalue weighted by Crippen LogP contribution is -2.38. The number of carbonyl (C=O) groups excluding carboxylic acids is 2. The summed E-state index contributed by atoms with van der Waals surface area (Å²) >= 11 is 3.27. The van der Waals surface area contributed by atoms with Crippen LogP contribution in [0, 0.1) is 5.41 Å². The first-order valence-corrected chi connectivity index (χ1v) is 6.28. The molecule has 18 heavy (non-hydrogen) atoms. The first-order valence-electron chi connectivity index (χ1n) is 5.49. The fourth-order valence-corrected chi connectivity index (χ4v) is 1.47. The van der Waals surface area contributed by atoms with Crippen molar-refractivity contribution < 1.29 is 19.4 Å². The first-order chi connectivity index (χ1) is 8.31. The minimum Gasteiger partial charge on any atom is -0.550 e. The first kappa shape index (κ1) is 14.7. The van der Waals surface area contributed by atoms with Gasteiger partial charge in [-0.1, -0.05) is 29.8 Å². The van der Waals surface area contributed by atoms with Crippen LogP contribution in [0.1, 0.15) is 26.7 Å². The predicted molar refractivity (Wildman–Crippen MR) is 67.8 cm³/mol. The third-order valence-corrected chi connectivity index (χ3v) is 3.08. The summed E-state index contributed by atoms with van der Waals surface area (Å²) in [6.45, 7) is 3.05. The fraction of sp³-hybridized carbons (Fsp3) is 0.385. The van der Waals surface area contributed by atoms with Crippen LogP contribution in [0.4, 0.5) is 0 Å². The number of esters is 1. The van der Waals surface area contributed by atoms with Gasteiger partial charge in [-0.05, 0) is 30.7 Å². The van der Waals surface area contributed by atoms with Crippen molar-refractivity contribution in [3.63, 3.8) is 0 Å². The molecule has 1 rings (SSSR count). The fourth-order valence-electron chi connectivity index (χ4n) is 1.20. The van der Waals surface area contributed by atoms with E-state index in [1.54, 1.807) is 24.3 Å². The van der Waals surface area contributed by atoms with Gasteiger partial charge < -0.3 is 14.6 Å². The third kappa shape index (κ3) is 4.49. The van der Waals surface area contributed by atoms with Gasteiger partial charge in [-0.15, -0.1) is 0 Å². The highest BCUT2D eigenvalue weighted by Gasteiger charge is 2.21. The van der Waals surface area contributed by atoms with Crippen LogP contribution in [0.5, 0.6) is 5.75 Å². The van der Waals surface area contributed by atoms with Crippen LogP contribution in [0.15, 0.2) is 28.7 Å². The lowest BCUT2D eigenvalue weighted by molar-refractivity contribution is -0.317. The number of aliphatic carboxylic acids is 1.